The van der Waals surface area contributed by atoms with Gasteiger partial charge >= 0.3 is 0 Å². The first-order valence-electron chi connectivity index (χ1n) is 5.21. The summed E-state index contributed by atoms with van der Waals surface area (Å²) in [5, 5.41) is 8.66. The van der Waals surface area contributed by atoms with Crippen molar-refractivity contribution in [2.75, 3.05) is 13.2 Å². The van der Waals surface area contributed by atoms with Gasteiger partial charge in [-0.2, -0.15) is 0 Å². The second-order valence-corrected chi connectivity index (χ2v) is 3.73. The van der Waals surface area contributed by atoms with Crippen LogP contribution in [0.4, 0.5) is 0 Å². The van der Waals surface area contributed by atoms with Gasteiger partial charge in [0.2, 0.25) is 5.91 Å². The lowest BCUT2D eigenvalue weighted by atomic mass is 10.1. The normalized spacial score (nSPS) is 10.2. The van der Waals surface area contributed by atoms with Crippen LogP contribution >= 0.6 is 0 Å². The molecule has 0 bridgehead atoms. The summed E-state index contributed by atoms with van der Waals surface area (Å²) in [6.45, 7) is 4.31. The van der Waals surface area contributed by atoms with Crippen LogP contribution in [0.15, 0.2) is 12.1 Å². The van der Waals surface area contributed by atoms with E-state index < -0.39 is 5.91 Å². The number of aliphatic hydroxyl groups excluding tert-OH is 1. The van der Waals surface area contributed by atoms with Gasteiger partial charge < -0.3 is 15.6 Å². The quantitative estimate of drug-likeness (QED) is 0.736. The SMILES string of the molecule is Cc1cc(C(N)=O)cc(C)c1OCCCO. The van der Waals surface area contributed by atoms with Gasteiger partial charge in [0.15, 0.2) is 0 Å². The summed E-state index contributed by atoms with van der Waals surface area (Å²) >= 11 is 0. The number of carbonyl (C=O) groups is 1. The lowest BCUT2D eigenvalue weighted by Gasteiger charge is -2.12. The molecule has 1 aromatic carbocycles. The molecule has 1 amide bonds. The number of aliphatic hydroxyl groups is 1. The fourth-order valence-corrected chi connectivity index (χ4v) is 1.56. The molecule has 0 atom stereocenters. The summed E-state index contributed by atoms with van der Waals surface area (Å²) in [5.41, 5.74) is 7.46. The molecule has 4 nitrogen and oxygen atoms in total. The molecular weight excluding hydrogens is 206 g/mol. The van der Waals surface area contributed by atoms with Crippen LogP contribution < -0.4 is 10.5 Å². The van der Waals surface area contributed by atoms with Crippen molar-refractivity contribution in [2.24, 2.45) is 5.73 Å². The van der Waals surface area contributed by atoms with Crippen LogP contribution in [0.1, 0.15) is 27.9 Å². The maximum absolute atomic E-state index is 11.0. The maximum atomic E-state index is 11.0. The van der Waals surface area contributed by atoms with Crippen LogP contribution in [0.2, 0.25) is 0 Å². The summed E-state index contributed by atoms with van der Waals surface area (Å²) in [5.74, 6) is 0.326. The van der Waals surface area contributed by atoms with Gasteiger partial charge in [0.25, 0.3) is 0 Å². The van der Waals surface area contributed by atoms with E-state index in [0.717, 1.165) is 16.9 Å². The Morgan fingerprint density at radius 1 is 1.38 bits per heavy atom. The molecule has 0 radical (unpaired) electrons. The van der Waals surface area contributed by atoms with E-state index in [-0.39, 0.29) is 6.61 Å². The van der Waals surface area contributed by atoms with E-state index in [4.69, 9.17) is 15.6 Å². The number of nitrogens with two attached hydrogens (primary N) is 1. The molecule has 0 saturated carbocycles. The molecule has 0 aliphatic carbocycles. The maximum Gasteiger partial charge on any atom is 0.248 e. The number of hydrogen-bond acceptors (Lipinski definition) is 3. The van der Waals surface area contributed by atoms with E-state index in [1.54, 1.807) is 12.1 Å². The molecular formula is C12H17NO3. The van der Waals surface area contributed by atoms with Gasteiger partial charge in [0.1, 0.15) is 5.75 Å². The number of hydrogen-bond donors (Lipinski definition) is 2. The summed E-state index contributed by atoms with van der Waals surface area (Å²) in [6.07, 6.45) is 0.594. The van der Waals surface area contributed by atoms with Crippen LogP contribution in [0.25, 0.3) is 0 Å². The fraction of sp³-hybridized carbons (Fsp3) is 0.417. The lowest BCUT2D eigenvalue weighted by Crippen LogP contribution is -2.12. The van der Waals surface area contributed by atoms with Crippen LogP contribution in [-0.4, -0.2) is 24.2 Å². The highest BCUT2D eigenvalue weighted by molar-refractivity contribution is 5.93. The van der Waals surface area contributed by atoms with Crippen molar-refractivity contribution in [1.29, 1.82) is 0 Å². The van der Waals surface area contributed by atoms with Crippen molar-refractivity contribution in [1.82, 2.24) is 0 Å². The molecule has 4 heteroatoms. The molecule has 1 aromatic rings. The third-order valence-corrected chi connectivity index (χ3v) is 2.29. The zero-order valence-electron chi connectivity index (χ0n) is 9.62. The van der Waals surface area contributed by atoms with Crippen molar-refractivity contribution in [3.05, 3.63) is 28.8 Å². The highest BCUT2D eigenvalue weighted by Gasteiger charge is 2.09. The minimum Gasteiger partial charge on any atom is -0.493 e. The summed E-state index contributed by atoms with van der Waals surface area (Å²) in [7, 11) is 0. The van der Waals surface area contributed by atoms with Crippen LogP contribution in [0.3, 0.4) is 0 Å². The van der Waals surface area contributed by atoms with E-state index >= 15 is 0 Å². The van der Waals surface area contributed by atoms with Gasteiger partial charge in [-0.05, 0) is 37.1 Å². The second kappa shape index (κ2) is 5.51. The van der Waals surface area contributed by atoms with Crippen molar-refractivity contribution in [3.63, 3.8) is 0 Å². The third-order valence-electron chi connectivity index (χ3n) is 2.29. The molecule has 0 heterocycles. The number of primary amides is 1. The Morgan fingerprint density at radius 3 is 2.38 bits per heavy atom. The highest BCUT2D eigenvalue weighted by atomic mass is 16.5. The third kappa shape index (κ3) is 2.97. The topological polar surface area (TPSA) is 72.6 Å². The van der Waals surface area contributed by atoms with Crippen molar-refractivity contribution < 1.29 is 14.6 Å². The number of benzene rings is 1. The summed E-state index contributed by atoms with van der Waals surface area (Å²) in [6, 6.07) is 3.42. The van der Waals surface area contributed by atoms with E-state index in [9.17, 15) is 4.79 Å². The van der Waals surface area contributed by atoms with Crippen LogP contribution in [0, 0.1) is 13.8 Å². The summed E-state index contributed by atoms with van der Waals surface area (Å²) in [4.78, 5) is 11.0. The molecule has 88 valence electrons. The minimum atomic E-state index is -0.437. The van der Waals surface area contributed by atoms with E-state index in [1.807, 2.05) is 13.8 Å². The van der Waals surface area contributed by atoms with Gasteiger partial charge in [-0.3, -0.25) is 4.79 Å². The first-order chi connectivity index (χ1) is 7.56. The first-order valence-corrected chi connectivity index (χ1v) is 5.21. The van der Waals surface area contributed by atoms with Gasteiger partial charge in [-0.1, -0.05) is 0 Å². The molecule has 0 saturated heterocycles. The van der Waals surface area contributed by atoms with Crippen LogP contribution in [-0.2, 0) is 0 Å². The standard InChI is InChI=1S/C12H17NO3/c1-8-6-10(12(13)15)7-9(2)11(8)16-5-3-4-14/h6-7,14H,3-5H2,1-2H3,(H2,13,15). The van der Waals surface area contributed by atoms with E-state index in [1.165, 1.54) is 0 Å². The Morgan fingerprint density at radius 2 is 1.94 bits per heavy atom. The Labute approximate surface area is 95.0 Å². The predicted molar refractivity (Wildman–Crippen MR) is 61.6 cm³/mol. The van der Waals surface area contributed by atoms with Gasteiger partial charge in [0, 0.05) is 18.6 Å². The Bertz CT molecular complexity index is 365. The van der Waals surface area contributed by atoms with E-state index in [0.29, 0.717) is 18.6 Å². The molecule has 3 N–H and O–H groups in total. The van der Waals surface area contributed by atoms with Gasteiger partial charge in [-0.25, -0.2) is 0 Å². The highest BCUT2D eigenvalue weighted by Crippen LogP contribution is 2.24. The second-order valence-electron chi connectivity index (χ2n) is 3.73. The number of carbonyl (C=O) groups excluding carboxylic acids is 1. The average molecular weight is 223 g/mol. The summed E-state index contributed by atoms with van der Waals surface area (Å²) < 4.78 is 5.53. The number of aryl methyl sites for hydroxylation is 2. The Kier molecular flexibility index (Phi) is 4.31. The van der Waals surface area contributed by atoms with Gasteiger partial charge in [0.05, 0.1) is 6.61 Å². The molecule has 0 aliphatic rings. The molecule has 0 spiro atoms. The molecule has 1 rings (SSSR count). The van der Waals surface area contributed by atoms with E-state index in [2.05, 4.69) is 0 Å². The molecule has 16 heavy (non-hydrogen) atoms. The molecule has 0 aromatic heterocycles. The Hall–Kier alpha value is -1.55. The van der Waals surface area contributed by atoms with Crippen molar-refractivity contribution in [3.8, 4) is 5.75 Å². The molecule has 0 unspecified atom stereocenters. The number of ether oxygens (including phenoxy) is 1. The largest absolute Gasteiger partial charge is 0.493 e. The average Bonchev–Trinajstić information content (AvgIpc) is 2.21. The number of rotatable bonds is 5. The predicted octanol–water partition coefficient (Wildman–Crippen LogP) is 1.16. The lowest BCUT2D eigenvalue weighted by molar-refractivity contribution is 0.1000. The molecule has 0 fully saturated rings. The minimum absolute atomic E-state index is 0.109. The fourth-order valence-electron chi connectivity index (χ4n) is 1.56. The van der Waals surface area contributed by atoms with Gasteiger partial charge in [-0.15, -0.1) is 0 Å². The van der Waals surface area contributed by atoms with Crippen molar-refractivity contribution in [2.45, 2.75) is 20.3 Å². The monoisotopic (exact) mass is 223 g/mol. The first kappa shape index (κ1) is 12.5. The zero-order chi connectivity index (χ0) is 12.1. The van der Waals surface area contributed by atoms with Crippen LogP contribution in [0.5, 0.6) is 5.75 Å². The smallest absolute Gasteiger partial charge is 0.248 e. The van der Waals surface area contributed by atoms with Crippen molar-refractivity contribution >= 4 is 5.91 Å². The number of amides is 1. The zero-order valence-corrected chi connectivity index (χ0v) is 9.62. The Balaban J connectivity index is 2.89. The molecule has 0 aliphatic heterocycles.